The highest BCUT2D eigenvalue weighted by Gasteiger charge is 1.88. The van der Waals surface area contributed by atoms with E-state index in [1.54, 1.807) is 12.4 Å². The summed E-state index contributed by atoms with van der Waals surface area (Å²) in [7, 11) is 0. The molecule has 2 N–H and O–H groups in total. The van der Waals surface area contributed by atoms with Gasteiger partial charge in [0.1, 0.15) is 0 Å². The van der Waals surface area contributed by atoms with Crippen molar-refractivity contribution in [2.24, 2.45) is 0 Å². The van der Waals surface area contributed by atoms with Crippen LogP contribution in [0.2, 0.25) is 0 Å². The van der Waals surface area contributed by atoms with Gasteiger partial charge in [0, 0.05) is 12.4 Å². The Bertz CT molecular complexity index is 230. The second kappa shape index (κ2) is 3.01. The average Bonchev–Trinajstić information content (AvgIpc) is 1.88. The fraction of sp³-hybridized carbons (Fsp3) is 0.125. The molecule has 0 saturated heterocycles. The van der Waals surface area contributed by atoms with Gasteiger partial charge in [-0.15, -0.1) is 6.58 Å². The zero-order valence-corrected chi connectivity index (χ0v) is 5.75. The highest BCUT2D eigenvalue weighted by molar-refractivity contribution is 5.37. The second-order valence-corrected chi connectivity index (χ2v) is 2.12. The normalized spacial score (nSPS) is 9.20. The van der Waals surface area contributed by atoms with Crippen LogP contribution in [0.3, 0.4) is 0 Å². The molecule has 52 valence electrons. The van der Waals surface area contributed by atoms with E-state index in [4.69, 9.17) is 5.73 Å². The Kier molecular flexibility index (Phi) is 2.05. The van der Waals surface area contributed by atoms with Crippen molar-refractivity contribution in [3.8, 4) is 0 Å². The average molecular weight is 134 g/mol. The third kappa shape index (κ3) is 1.58. The first-order valence-corrected chi connectivity index (χ1v) is 3.13. The van der Waals surface area contributed by atoms with E-state index in [-0.39, 0.29) is 0 Å². The Morgan fingerprint density at radius 2 is 2.40 bits per heavy atom. The number of nitrogens with zero attached hydrogens (tertiary/aromatic N) is 1. The van der Waals surface area contributed by atoms with Crippen LogP contribution in [0.15, 0.2) is 31.1 Å². The monoisotopic (exact) mass is 134 g/mol. The Morgan fingerprint density at radius 1 is 1.60 bits per heavy atom. The fourth-order valence-corrected chi connectivity index (χ4v) is 0.786. The summed E-state index contributed by atoms with van der Waals surface area (Å²) in [5.41, 5.74) is 7.31. The number of anilines is 1. The van der Waals surface area contributed by atoms with Crippen molar-refractivity contribution in [2.75, 3.05) is 5.73 Å². The fourth-order valence-electron chi connectivity index (χ4n) is 0.786. The van der Waals surface area contributed by atoms with E-state index >= 15 is 0 Å². The summed E-state index contributed by atoms with van der Waals surface area (Å²) in [6.07, 6.45) is 6.08. The van der Waals surface area contributed by atoms with Gasteiger partial charge in [-0.25, -0.2) is 0 Å². The first-order chi connectivity index (χ1) is 4.83. The molecule has 0 radical (unpaired) electrons. The molecule has 1 rings (SSSR count). The molecule has 2 nitrogen and oxygen atoms in total. The van der Waals surface area contributed by atoms with E-state index in [9.17, 15) is 0 Å². The smallest absolute Gasteiger partial charge is 0.0503 e. The van der Waals surface area contributed by atoms with Crippen molar-refractivity contribution in [2.45, 2.75) is 6.42 Å². The Labute approximate surface area is 60.4 Å². The highest BCUT2D eigenvalue weighted by atomic mass is 14.7. The number of hydrogen-bond donors (Lipinski definition) is 1. The minimum absolute atomic E-state index is 0.708. The molecule has 1 heterocycles. The molecule has 0 amide bonds. The van der Waals surface area contributed by atoms with Gasteiger partial charge in [-0.05, 0) is 18.1 Å². The zero-order chi connectivity index (χ0) is 7.40. The molecular weight excluding hydrogens is 124 g/mol. The summed E-state index contributed by atoms with van der Waals surface area (Å²) in [4.78, 5) is 3.93. The van der Waals surface area contributed by atoms with Crippen molar-refractivity contribution in [3.05, 3.63) is 36.7 Å². The van der Waals surface area contributed by atoms with E-state index in [2.05, 4.69) is 11.6 Å². The number of allylic oxidation sites excluding steroid dienone is 1. The van der Waals surface area contributed by atoms with Crippen molar-refractivity contribution in [1.29, 1.82) is 0 Å². The molecule has 0 saturated carbocycles. The number of hydrogen-bond acceptors (Lipinski definition) is 2. The molecule has 1 aromatic rings. The Balaban J connectivity index is 2.84. The molecule has 0 aliphatic carbocycles. The maximum absolute atomic E-state index is 5.49. The minimum atomic E-state index is 0.708. The van der Waals surface area contributed by atoms with Crippen molar-refractivity contribution >= 4 is 5.69 Å². The summed E-state index contributed by atoms with van der Waals surface area (Å²) in [6, 6.07) is 1.90. The molecule has 0 fully saturated rings. The molecule has 0 aromatic carbocycles. The van der Waals surface area contributed by atoms with E-state index in [0.717, 1.165) is 12.0 Å². The molecule has 0 aliphatic heterocycles. The largest absolute Gasteiger partial charge is 0.397 e. The SMILES string of the molecule is C=CCc1cncc(N)c1. The second-order valence-electron chi connectivity index (χ2n) is 2.12. The first kappa shape index (κ1) is 6.81. The Hall–Kier alpha value is -1.31. The molecule has 0 bridgehead atoms. The van der Waals surface area contributed by atoms with Crippen LogP contribution in [0.5, 0.6) is 0 Å². The molecule has 0 atom stereocenters. The lowest BCUT2D eigenvalue weighted by Gasteiger charge is -1.95. The van der Waals surface area contributed by atoms with Crippen LogP contribution in [-0.4, -0.2) is 4.98 Å². The molecule has 0 unspecified atom stereocenters. The number of nitrogens with two attached hydrogens (primary N) is 1. The molecule has 0 aliphatic rings. The first-order valence-electron chi connectivity index (χ1n) is 3.13. The van der Waals surface area contributed by atoms with Gasteiger partial charge >= 0.3 is 0 Å². The number of rotatable bonds is 2. The van der Waals surface area contributed by atoms with Crippen LogP contribution in [0.1, 0.15) is 5.56 Å². The third-order valence-electron chi connectivity index (χ3n) is 1.20. The van der Waals surface area contributed by atoms with Gasteiger partial charge in [-0.2, -0.15) is 0 Å². The summed E-state index contributed by atoms with van der Waals surface area (Å²) < 4.78 is 0. The van der Waals surface area contributed by atoms with Gasteiger partial charge in [-0.1, -0.05) is 6.08 Å². The molecule has 10 heavy (non-hydrogen) atoms. The molecule has 0 spiro atoms. The lowest BCUT2D eigenvalue weighted by Crippen LogP contribution is -1.89. The number of aromatic nitrogens is 1. The Morgan fingerprint density at radius 3 is 3.00 bits per heavy atom. The molecule has 2 heteroatoms. The van der Waals surface area contributed by atoms with Gasteiger partial charge in [0.15, 0.2) is 0 Å². The number of pyridine rings is 1. The van der Waals surface area contributed by atoms with Crippen LogP contribution in [0, 0.1) is 0 Å². The summed E-state index contributed by atoms with van der Waals surface area (Å²) in [6.45, 7) is 3.62. The van der Waals surface area contributed by atoms with Crippen molar-refractivity contribution < 1.29 is 0 Å². The lowest BCUT2D eigenvalue weighted by atomic mass is 10.2. The van der Waals surface area contributed by atoms with Crippen LogP contribution in [-0.2, 0) is 6.42 Å². The standard InChI is InChI=1S/C8H10N2/c1-2-3-7-4-8(9)6-10-5-7/h2,4-6H,1,3,9H2. The van der Waals surface area contributed by atoms with Gasteiger partial charge in [-0.3, -0.25) is 4.98 Å². The lowest BCUT2D eigenvalue weighted by molar-refractivity contribution is 1.20. The van der Waals surface area contributed by atoms with Gasteiger partial charge in [0.2, 0.25) is 0 Å². The van der Waals surface area contributed by atoms with Crippen LogP contribution < -0.4 is 5.73 Å². The minimum Gasteiger partial charge on any atom is -0.397 e. The van der Waals surface area contributed by atoms with Gasteiger partial charge in [0.25, 0.3) is 0 Å². The van der Waals surface area contributed by atoms with E-state index < -0.39 is 0 Å². The number of nitrogen functional groups attached to an aromatic ring is 1. The van der Waals surface area contributed by atoms with E-state index in [1.807, 2.05) is 12.1 Å². The summed E-state index contributed by atoms with van der Waals surface area (Å²) in [5, 5.41) is 0. The van der Waals surface area contributed by atoms with E-state index in [0.29, 0.717) is 5.69 Å². The molecule has 1 aromatic heterocycles. The van der Waals surface area contributed by atoms with Crippen LogP contribution in [0.25, 0.3) is 0 Å². The van der Waals surface area contributed by atoms with Gasteiger partial charge < -0.3 is 5.73 Å². The summed E-state index contributed by atoms with van der Waals surface area (Å²) >= 11 is 0. The van der Waals surface area contributed by atoms with Crippen LogP contribution in [0.4, 0.5) is 5.69 Å². The predicted molar refractivity (Wildman–Crippen MR) is 42.6 cm³/mol. The predicted octanol–water partition coefficient (Wildman–Crippen LogP) is 1.39. The molecular formula is C8H10N2. The van der Waals surface area contributed by atoms with Crippen LogP contribution >= 0.6 is 0 Å². The highest BCUT2D eigenvalue weighted by Crippen LogP contribution is 2.03. The quantitative estimate of drug-likeness (QED) is 0.621. The van der Waals surface area contributed by atoms with Crippen molar-refractivity contribution in [1.82, 2.24) is 4.98 Å². The maximum atomic E-state index is 5.49. The van der Waals surface area contributed by atoms with Crippen molar-refractivity contribution in [3.63, 3.8) is 0 Å². The maximum Gasteiger partial charge on any atom is 0.0503 e. The van der Waals surface area contributed by atoms with Gasteiger partial charge in [0.05, 0.1) is 5.69 Å². The summed E-state index contributed by atoms with van der Waals surface area (Å²) in [5.74, 6) is 0. The van der Waals surface area contributed by atoms with E-state index in [1.165, 1.54) is 0 Å². The third-order valence-corrected chi connectivity index (χ3v) is 1.20. The zero-order valence-electron chi connectivity index (χ0n) is 5.75. The topological polar surface area (TPSA) is 38.9 Å².